The van der Waals surface area contributed by atoms with E-state index in [1.807, 2.05) is 6.07 Å². The molecule has 1 aromatic carbocycles. The van der Waals surface area contributed by atoms with Gasteiger partial charge in [-0.05, 0) is 55.0 Å². The summed E-state index contributed by atoms with van der Waals surface area (Å²) in [5.41, 5.74) is 1.90. The number of nitriles is 2. The van der Waals surface area contributed by atoms with Crippen LogP contribution in [0.1, 0.15) is 34.4 Å². The standard InChI is InChI=1S/C20H15Cl2N3O2S/c1-27-18-15(21)7-11(8-16(18)22)6-12(9-23)19(26)25-20-14(10-24)13-4-2-3-5-17(13)28-20/h6-8H,2-5H2,1H3,(H,25,26)/b12-6+. The van der Waals surface area contributed by atoms with E-state index >= 15 is 0 Å². The molecule has 2 aromatic rings. The lowest BCUT2D eigenvalue weighted by atomic mass is 9.96. The van der Waals surface area contributed by atoms with E-state index in [9.17, 15) is 15.3 Å². The fourth-order valence-corrected chi connectivity index (χ4v) is 5.01. The molecule has 1 aliphatic rings. The van der Waals surface area contributed by atoms with Crippen LogP contribution in [0.15, 0.2) is 17.7 Å². The number of nitrogens with one attached hydrogen (secondary N) is 1. The minimum absolute atomic E-state index is 0.118. The van der Waals surface area contributed by atoms with Crippen molar-refractivity contribution in [3.05, 3.63) is 49.3 Å². The molecule has 8 heteroatoms. The SMILES string of the molecule is COc1c(Cl)cc(/C=C(\C#N)C(=O)Nc2sc3c(c2C#N)CCCC3)cc1Cl. The molecule has 0 unspecified atom stereocenters. The van der Waals surface area contributed by atoms with Gasteiger partial charge in [0.1, 0.15) is 22.7 Å². The Labute approximate surface area is 176 Å². The summed E-state index contributed by atoms with van der Waals surface area (Å²) in [7, 11) is 1.45. The van der Waals surface area contributed by atoms with Crippen molar-refractivity contribution in [1.29, 1.82) is 10.5 Å². The molecule has 5 nitrogen and oxygen atoms in total. The Balaban J connectivity index is 1.90. The molecule has 28 heavy (non-hydrogen) atoms. The maximum Gasteiger partial charge on any atom is 0.266 e. The van der Waals surface area contributed by atoms with Crippen molar-refractivity contribution >= 4 is 51.5 Å². The number of methoxy groups -OCH3 is 1. The Morgan fingerprint density at radius 1 is 1.25 bits per heavy atom. The molecule has 0 fully saturated rings. The summed E-state index contributed by atoms with van der Waals surface area (Å²) in [4.78, 5) is 13.8. The van der Waals surface area contributed by atoms with E-state index in [2.05, 4.69) is 11.4 Å². The lowest BCUT2D eigenvalue weighted by Gasteiger charge is -2.09. The highest BCUT2D eigenvalue weighted by Crippen LogP contribution is 2.38. The van der Waals surface area contributed by atoms with E-state index < -0.39 is 5.91 Å². The van der Waals surface area contributed by atoms with Crippen LogP contribution in [0.4, 0.5) is 5.00 Å². The molecule has 1 heterocycles. The molecule has 0 saturated carbocycles. The maximum absolute atomic E-state index is 12.6. The molecule has 0 saturated heterocycles. The number of halogens is 2. The number of benzene rings is 1. The first-order valence-electron chi connectivity index (χ1n) is 8.49. The van der Waals surface area contributed by atoms with Crippen LogP contribution in [-0.2, 0) is 17.6 Å². The average molecular weight is 432 g/mol. The molecule has 1 amide bonds. The Bertz CT molecular complexity index is 1040. The molecular formula is C20H15Cl2N3O2S. The molecule has 1 aromatic heterocycles. The van der Waals surface area contributed by atoms with Crippen LogP contribution in [0.2, 0.25) is 10.0 Å². The molecule has 142 valence electrons. The van der Waals surface area contributed by atoms with Crippen molar-refractivity contribution in [2.45, 2.75) is 25.7 Å². The number of hydrogen-bond acceptors (Lipinski definition) is 5. The number of hydrogen-bond donors (Lipinski definition) is 1. The van der Waals surface area contributed by atoms with Gasteiger partial charge in [0.15, 0.2) is 5.75 Å². The monoisotopic (exact) mass is 431 g/mol. The number of carbonyl (C=O) groups is 1. The minimum atomic E-state index is -0.583. The predicted molar refractivity (Wildman–Crippen MR) is 111 cm³/mol. The zero-order chi connectivity index (χ0) is 20.3. The van der Waals surface area contributed by atoms with Gasteiger partial charge in [-0.25, -0.2) is 0 Å². The highest BCUT2D eigenvalue weighted by atomic mass is 35.5. The second-order valence-electron chi connectivity index (χ2n) is 6.17. The van der Waals surface area contributed by atoms with Crippen molar-refractivity contribution in [2.24, 2.45) is 0 Å². The second-order valence-corrected chi connectivity index (χ2v) is 8.09. The highest BCUT2D eigenvalue weighted by molar-refractivity contribution is 7.16. The van der Waals surface area contributed by atoms with E-state index in [-0.39, 0.29) is 15.6 Å². The number of ether oxygens (including phenoxy) is 1. The lowest BCUT2D eigenvalue weighted by Crippen LogP contribution is -2.13. The van der Waals surface area contributed by atoms with Gasteiger partial charge in [0.2, 0.25) is 0 Å². The van der Waals surface area contributed by atoms with Gasteiger partial charge in [-0.1, -0.05) is 23.2 Å². The van der Waals surface area contributed by atoms with E-state index in [0.717, 1.165) is 36.1 Å². The number of fused-ring (bicyclic) bond motifs is 1. The molecule has 1 N–H and O–H groups in total. The summed E-state index contributed by atoms with van der Waals surface area (Å²) in [6.07, 6.45) is 5.26. The van der Waals surface area contributed by atoms with Crippen LogP contribution in [0.5, 0.6) is 5.75 Å². The quantitative estimate of drug-likeness (QED) is 0.521. The lowest BCUT2D eigenvalue weighted by molar-refractivity contribution is -0.112. The number of nitrogens with zero attached hydrogens (tertiary/aromatic N) is 2. The fraction of sp³-hybridized carbons (Fsp3) is 0.250. The summed E-state index contributed by atoms with van der Waals surface area (Å²) in [6, 6.07) is 7.19. The zero-order valence-electron chi connectivity index (χ0n) is 14.9. The van der Waals surface area contributed by atoms with Crippen LogP contribution < -0.4 is 10.1 Å². The first kappa shape index (κ1) is 20.2. The summed E-state index contributed by atoms with van der Waals surface area (Å²) in [6.45, 7) is 0. The van der Waals surface area contributed by atoms with Crippen molar-refractivity contribution in [1.82, 2.24) is 0 Å². The number of anilines is 1. The molecule has 1 aliphatic carbocycles. The average Bonchev–Trinajstić information content (AvgIpc) is 3.02. The van der Waals surface area contributed by atoms with E-state index in [1.54, 1.807) is 12.1 Å². The Hall–Kier alpha value is -2.51. The number of aryl methyl sites for hydroxylation is 1. The summed E-state index contributed by atoms with van der Waals surface area (Å²) >= 11 is 13.6. The van der Waals surface area contributed by atoms with Gasteiger partial charge < -0.3 is 10.1 Å². The third-order valence-corrected chi connectivity index (χ3v) is 6.18. The van der Waals surface area contributed by atoms with E-state index in [1.165, 1.54) is 24.5 Å². The normalized spacial score (nSPS) is 13.2. The third-order valence-electron chi connectivity index (χ3n) is 4.41. The van der Waals surface area contributed by atoms with E-state index in [4.69, 9.17) is 27.9 Å². The van der Waals surface area contributed by atoms with Crippen molar-refractivity contribution < 1.29 is 9.53 Å². The molecule has 0 spiro atoms. The van der Waals surface area contributed by atoms with Crippen molar-refractivity contribution in [2.75, 3.05) is 12.4 Å². The second kappa shape index (κ2) is 8.67. The van der Waals surface area contributed by atoms with Gasteiger partial charge >= 0.3 is 0 Å². The van der Waals surface area contributed by atoms with Crippen molar-refractivity contribution in [3.63, 3.8) is 0 Å². The maximum atomic E-state index is 12.6. The van der Waals surface area contributed by atoms with Gasteiger partial charge in [-0.3, -0.25) is 4.79 Å². The molecule has 0 bridgehead atoms. The molecule has 3 rings (SSSR count). The largest absolute Gasteiger partial charge is 0.494 e. The van der Waals surface area contributed by atoms with E-state index in [0.29, 0.717) is 21.9 Å². The minimum Gasteiger partial charge on any atom is -0.494 e. The number of thiophene rings is 1. The number of rotatable bonds is 4. The highest BCUT2D eigenvalue weighted by Gasteiger charge is 2.22. The molecule has 0 radical (unpaired) electrons. The van der Waals surface area contributed by atoms with Gasteiger partial charge in [0.05, 0.1) is 22.7 Å². The summed E-state index contributed by atoms with van der Waals surface area (Å²) < 4.78 is 5.10. The molecular weight excluding hydrogens is 417 g/mol. The first-order valence-corrected chi connectivity index (χ1v) is 10.1. The van der Waals surface area contributed by atoms with Gasteiger partial charge in [0, 0.05) is 4.88 Å². The van der Waals surface area contributed by atoms with Crippen molar-refractivity contribution in [3.8, 4) is 17.9 Å². The molecule has 0 atom stereocenters. The predicted octanol–water partition coefficient (Wildman–Crippen LogP) is 5.36. The Morgan fingerprint density at radius 3 is 2.54 bits per heavy atom. The summed E-state index contributed by atoms with van der Waals surface area (Å²) in [5, 5.41) is 22.7. The number of amides is 1. The topological polar surface area (TPSA) is 85.9 Å². The van der Waals surface area contributed by atoms with Crippen LogP contribution in [0.25, 0.3) is 6.08 Å². The molecule has 0 aliphatic heterocycles. The number of carbonyl (C=O) groups excluding carboxylic acids is 1. The fourth-order valence-electron chi connectivity index (χ4n) is 3.12. The van der Waals surface area contributed by atoms with Crippen LogP contribution in [-0.4, -0.2) is 13.0 Å². The first-order chi connectivity index (χ1) is 13.5. The van der Waals surface area contributed by atoms with Crippen LogP contribution >= 0.6 is 34.5 Å². The smallest absolute Gasteiger partial charge is 0.266 e. The summed E-state index contributed by atoms with van der Waals surface area (Å²) in [5.74, 6) is -0.257. The Morgan fingerprint density at radius 2 is 1.93 bits per heavy atom. The van der Waals surface area contributed by atoms with Crippen LogP contribution in [0, 0.1) is 22.7 Å². The third kappa shape index (κ3) is 4.00. The van der Waals surface area contributed by atoms with Gasteiger partial charge in [-0.2, -0.15) is 10.5 Å². The van der Waals surface area contributed by atoms with Gasteiger partial charge in [0.25, 0.3) is 5.91 Å². The Kier molecular flexibility index (Phi) is 6.26. The zero-order valence-corrected chi connectivity index (χ0v) is 17.3. The van der Waals surface area contributed by atoms with Gasteiger partial charge in [-0.15, -0.1) is 11.3 Å². The van der Waals surface area contributed by atoms with Crippen LogP contribution in [0.3, 0.4) is 0 Å².